The van der Waals surface area contributed by atoms with Crippen LogP contribution in [0.3, 0.4) is 0 Å². The van der Waals surface area contributed by atoms with Crippen LogP contribution in [0.4, 0.5) is 0 Å². The lowest BCUT2D eigenvalue weighted by Crippen LogP contribution is -2.30. The van der Waals surface area contributed by atoms with Crippen LogP contribution in [0.5, 0.6) is 0 Å². The molecule has 0 saturated heterocycles. The third-order valence-electron chi connectivity index (χ3n) is 3.75. The van der Waals surface area contributed by atoms with Crippen molar-refractivity contribution >= 4 is 21.5 Å². The van der Waals surface area contributed by atoms with Crippen LogP contribution in [-0.4, -0.2) is 54.5 Å². The summed E-state index contributed by atoms with van der Waals surface area (Å²) in [6, 6.07) is 0. The maximum absolute atomic E-state index is 11.4. The quantitative estimate of drug-likeness (QED) is 0.156. The van der Waals surface area contributed by atoms with E-state index in [4.69, 9.17) is 22.8 Å². The van der Waals surface area contributed by atoms with Crippen LogP contribution in [0, 0.1) is 5.92 Å². The Morgan fingerprint density at radius 1 is 0.821 bits per heavy atom. The van der Waals surface area contributed by atoms with Crippen LogP contribution in [0.2, 0.25) is 0 Å². The predicted molar refractivity (Wildman–Crippen MR) is 110 cm³/mol. The molecule has 0 bridgehead atoms. The van der Waals surface area contributed by atoms with Gasteiger partial charge in [0.2, 0.25) is 0 Å². The molecule has 0 atom stereocenters. The molecule has 0 unspecified atom stereocenters. The minimum atomic E-state index is -2.13. The third kappa shape index (κ3) is 13.7. The molecule has 0 rings (SSSR count). The van der Waals surface area contributed by atoms with E-state index in [1.807, 2.05) is 13.8 Å². The maximum Gasteiger partial charge on any atom is 0.484 e. The van der Waals surface area contributed by atoms with Crippen molar-refractivity contribution in [2.75, 3.05) is 33.0 Å². The number of hydrogen-bond acceptors (Lipinski definition) is 7. The van der Waals surface area contributed by atoms with Gasteiger partial charge in [0.15, 0.2) is 0 Å². The fourth-order valence-electron chi connectivity index (χ4n) is 2.26. The van der Waals surface area contributed by atoms with Crippen molar-refractivity contribution in [3.8, 4) is 0 Å². The maximum atomic E-state index is 11.4. The molecule has 0 N–H and O–H groups in total. The summed E-state index contributed by atoms with van der Waals surface area (Å²) in [5.41, 5.74) is 0.781. The van der Waals surface area contributed by atoms with E-state index in [0.717, 1.165) is 12.8 Å². The Labute approximate surface area is 171 Å². The molecule has 0 aliphatic heterocycles. The highest BCUT2D eigenvalue weighted by molar-refractivity contribution is 6.36. The molecule has 0 amide bonds. The van der Waals surface area contributed by atoms with Crippen LogP contribution in [0.1, 0.15) is 53.4 Å². The smallest absolute Gasteiger partial charge is 0.462 e. The van der Waals surface area contributed by atoms with Gasteiger partial charge in [-0.05, 0) is 59.3 Å². The normalized spacial score (nSPS) is 10.9. The number of carbonyl (C=O) groups excluding carboxylic acids is 2. The second kappa shape index (κ2) is 16.5. The third-order valence-corrected chi connectivity index (χ3v) is 5.43. The molecule has 162 valence electrons. The van der Waals surface area contributed by atoms with Gasteiger partial charge in [0, 0.05) is 31.0 Å². The first kappa shape index (κ1) is 26.5. The Morgan fingerprint density at radius 3 is 1.61 bits per heavy atom. The average molecular weight is 417 g/mol. The summed E-state index contributed by atoms with van der Waals surface area (Å²) in [5.74, 6) is -0.526. The van der Waals surface area contributed by atoms with Crippen molar-refractivity contribution in [3.63, 3.8) is 0 Å². The lowest BCUT2D eigenvalue weighted by molar-refractivity contribution is -0.139. The van der Waals surface area contributed by atoms with Gasteiger partial charge in [-0.1, -0.05) is 13.2 Å². The Balaban J connectivity index is 4.42. The van der Waals surface area contributed by atoms with E-state index in [9.17, 15) is 9.59 Å². The van der Waals surface area contributed by atoms with Crippen molar-refractivity contribution < 1.29 is 32.3 Å². The van der Waals surface area contributed by atoms with Gasteiger partial charge in [0.25, 0.3) is 0 Å². The zero-order valence-corrected chi connectivity index (χ0v) is 18.9. The van der Waals surface area contributed by atoms with Gasteiger partial charge in [-0.2, -0.15) is 0 Å². The summed E-state index contributed by atoms with van der Waals surface area (Å²) < 4.78 is 27.2. The minimum absolute atomic E-state index is 0.225. The number of rotatable bonds is 17. The van der Waals surface area contributed by atoms with Crippen LogP contribution in [-0.2, 0) is 32.3 Å². The second-order valence-electron chi connectivity index (χ2n) is 6.52. The van der Waals surface area contributed by atoms with Crippen molar-refractivity contribution in [2.45, 2.75) is 53.4 Å². The van der Waals surface area contributed by atoms with Gasteiger partial charge in [-0.3, -0.25) is 0 Å². The molecule has 0 heterocycles. The molecular weight excluding hydrogens is 380 g/mol. The molecule has 0 radical (unpaired) electrons. The summed E-state index contributed by atoms with van der Waals surface area (Å²) in [7, 11) is -2.13. The Morgan fingerprint density at radius 2 is 1.25 bits per heavy atom. The van der Waals surface area contributed by atoms with E-state index in [1.54, 1.807) is 13.8 Å². The van der Waals surface area contributed by atoms with Crippen LogP contribution in [0.25, 0.3) is 0 Å². The van der Waals surface area contributed by atoms with E-state index in [2.05, 4.69) is 13.2 Å². The molecule has 0 aliphatic carbocycles. The molecule has 28 heavy (non-hydrogen) atoms. The molecular formula is C20H36O7Si. The molecule has 0 aromatic rings. The Hall–Kier alpha value is -1.48. The monoisotopic (exact) mass is 416 g/mol. The van der Waals surface area contributed by atoms with E-state index in [1.165, 1.54) is 0 Å². The van der Waals surface area contributed by atoms with E-state index in [-0.39, 0.29) is 17.9 Å². The zero-order chi connectivity index (χ0) is 21.4. The van der Waals surface area contributed by atoms with Crippen molar-refractivity contribution in [1.29, 1.82) is 0 Å². The fourth-order valence-corrected chi connectivity index (χ4v) is 3.52. The topological polar surface area (TPSA) is 80.3 Å². The lowest BCUT2D eigenvalue weighted by atomic mass is 9.99. The summed E-state index contributed by atoms with van der Waals surface area (Å²) in [6.45, 7) is 16.5. The molecule has 8 heteroatoms. The van der Waals surface area contributed by atoms with E-state index in [0.29, 0.717) is 57.0 Å². The highest BCUT2D eigenvalue weighted by Crippen LogP contribution is 2.16. The van der Waals surface area contributed by atoms with E-state index < -0.39 is 9.53 Å². The van der Waals surface area contributed by atoms with Gasteiger partial charge in [0.1, 0.15) is 0 Å². The van der Waals surface area contributed by atoms with Gasteiger partial charge in [-0.15, -0.1) is 0 Å². The lowest BCUT2D eigenvalue weighted by Gasteiger charge is -2.21. The number of ether oxygens (including phenoxy) is 2. The molecule has 0 fully saturated rings. The first-order chi connectivity index (χ1) is 13.3. The van der Waals surface area contributed by atoms with E-state index >= 15 is 0 Å². The molecule has 0 aromatic heterocycles. The Kier molecular flexibility index (Phi) is 15.6. The highest BCUT2D eigenvalue weighted by atomic mass is 28.3. The van der Waals surface area contributed by atoms with Gasteiger partial charge in [-0.25, -0.2) is 9.59 Å². The first-order valence-corrected chi connectivity index (χ1v) is 11.2. The van der Waals surface area contributed by atoms with Crippen LogP contribution in [0.15, 0.2) is 24.3 Å². The van der Waals surface area contributed by atoms with Gasteiger partial charge in [0.05, 0.1) is 13.2 Å². The number of esters is 2. The summed E-state index contributed by atoms with van der Waals surface area (Å²) in [5, 5.41) is 0. The average Bonchev–Trinajstić information content (AvgIpc) is 2.65. The van der Waals surface area contributed by atoms with Crippen LogP contribution >= 0.6 is 0 Å². The zero-order valence-electron chi connectivity index (χ0n) is 17.8. The molecule has 0 spiro atoms. The molecule has 0 aliphatic rings. The first-order valence-electron chi connectivity index (χ1n) is 9.81. The largest absolute Gasteiger partial charge is 0.484 e. The molecule has 0 aromatic carbocycles. The summed E-state index contributed by atoms with van der Waals surface area (Å²) in [4.78, 5) is 22.9. The second-order valence-corrected chi connectivity index (χ2v) is 8.09. The van der Waals surface area contributed by atoms with Crippen molar-refractivity contribution in [1.82, 2.24) is 0 Å². The standard InChI is InChI=1S/C20H36O7Si/c1-7-25-28(26-8-2)27-15-18(11-9-13-23-19(21)16(3)4)12-10-14-24-20(22)17(5)6/h18,28H,3,5,7-15H2,1-2,4,6H3. The molecule has 7 nitrogen and oxygen atoms in total. The fraction of sp³-hybridized carbons (Fsp3) is 0.700. The summed E-state index contributed by atoms with van der Waals surface area (Å²) >= 11 is 0. The van der Waals surface area contributed by atoms with Crippen molar-refractivity contribution in [3.05, 3.63) is 24.3 Å². The SMILES string of the molecule is C=C(C)C(=O)OCCCC(CCCOC(=O)C(=C)C)CO[SiH](OCC)OCC. The highest BCUT2D eigenvalue weighted by Gasteiger charge is 2.18. The predicted octanol–water partition coefficient (Wildman–Crippen LogP) is 3.21. The summed E-state index contributed by atoms with van der Waals surface area (Å²) in [6.07, 6.45) is 3.07. The Bertz CT molecular complexity index is 453. The number of hydrogen-bond donors (Lipinski definition) is 0. The van der Waals surface area contributed by atoms with Gasteiger partial charge >= 0.3 is 21.5 Å². The number of carbonyl (C=O) groups is 2. The van der Waals surface area contributed by atoms with Gasteiger partial charge < -0.3 is 22.8 Å². The van der Waals surface area contributed by atoms with Crippen molar-refractivity contribution in [2.24, 2.45) is 5.92 Å². The molecule has 0 saturated carbocycles. The van der Waals surface area contributed by atoms with Crippen LogP contribution < -0.4 is 0 Å². The minimum Gasteiger partial charge on any atom is -0.462 e.